The highest BCUT2D eigenvalue weighted by Gasteiger charge is 2.44. The second-order valence-electron chi connectivity index (χ2n) is 6.78. The van der Waals surface area contributed by atoms with E-state index in [0.29, 0.717) is 11.4 Å². The van der Waals surface area contributed by atoms with Gasteiger partial charge in [-0.15, -0.1) is 11.3 Å². The van der Waals surface area contributed by atoms with Gasteiger partial charge in [-0.3, -0.25) is 9.59 Å². The molecule has 4 nitrogen and oxygen atoms in total. The maximum Gasteiger partial charge on any atom is 0.282 e. The standard InChI is InChI=1S/C22H14F2N2O2S/c23-15-8-7-14(12-16(15)24)26-21(27)19(18-6-3-11-29-18)20(22(26)28)25-10-9-13-4-1-2-5-17(13)25/h1-8,11-12H,9-10H2. The van der Waals surface area contributed by atoms with E-state index in [-0.39, 0.29) is 17.0 Å². The van der Waals surface area contributed by atoms with Crippen molar-refractivity contribution in [3.63, 3.8) is 0 Å². The Morgan fingerprint density at radius 3 is 2.48 bits per heavy atom. The summed E-state index contributed by atoms with van der Waals surface area (Å²) in [6.45, 7) is 0.564. The zero-order valence-electron chi connectivity index (χ0n) is 15.1. The maximum absolute atomic E-state index is 13.8. The van der Waals surface area contributed by atoms with Crippen LogP contribution >= 0.6 is 11.3 Å². The van der Waals surface area contributed by atoms with Crippen LogP contribution in [-0.4, -0.2) is 18.4 Å². The highest BCUT2D eigenvalue weighted by atomic mass is 32.1. The lowest BCUT2D eigenvalue weighted by molar-refractivity contribution is -0.120. The Kier molecular flexibility index (Phi) is 4.06. The van der Waals surface area contributed by atoms with Gasteiger partial charge < -0.3 is 4.90 Å². The summed E-state index contributed by atoms with van der Waals surface area (Å²) in [5.41, 5.74) is 2.54. The van der Waals surface area contributed by atoms with Gasteiger partial charge >= 0.3 is 0 Å². The van der Waals surface area contributed by atoms with Crippen molar-refractivity contribution in [1.82, 2.24) is 0 Å². The summed E-state index contributed by atoms with van der Waals surface area (Å²) in [4.78, 5) is 30.1. The zero-order valence-corrected chi connectivity index (χ0v) is 15.9. The van der Waals surface area contributed by atoms with Gasteiger partial charge in [0.25, 0.3) is 11.8 Å². The Balaban J connectivity index is 1.67. The van der Waals surface area contributed by atoms with Gasteiger partial charge in [-0.2, -0.15) is 0 Å². The Hall–Kier alpha value is -3.32. The number of carbonyl (C=O) groups is 2. The number of rotatable bonds is 3. The van der Waals surface area contributed by atoms with Gasteiger partial charge in [0.2, 0.25) is 0 Å². The predicted molar refractivity (Wildman–Crippen MR) is 108 cm³/mol. The van der Waals surface area contributed by atoms with Crippen molar-refractivity contribution in [1.29, 1.82) is 0 Å². The molecule has 7 heteroatoms. The first-order valence-electron chi connectivity index (χ1n) is 9.03. The first-order valence-corrected chi connectivity index (χ1v) is 9.91. The summed E-state index contributed by atoms with van der Waals surface area (Å²) in [5.74, 6) is -3.22. The minimum absolute atomic E-state index is 0.00967. The normalized spacial score (nSPS) is 16.2. The summed E-state index contributed by atoms with van der Waals surface area (Å²) in [6, 6.07) is 14.3. The SMILES string of the molecule is O=C1C(c2cccs2)=C(N2CCc3ccccc32)C(=O)N1c1ccc(F)c(F)c1. The van der Waals surface area contributed by atoms with Crippen molar-refractivity contribution in [3.05, 3.63) is 87.7 Å². The number of amides is 2. The summed E-state index contributed by atoms with van der Waals surface area (Å²) in [6.07, 6.45) is 0.754. The van der Waals surface area contributed by atoms with Crippen molar-refractivity contribution in [2.75, 3.05) is 16.3 Å². The molecule has 0 saturated heterocycles. The van der Waals surface area contributed by atoms with Crippen LogP contribution in [0.15, 0.2) is 65.7 Å². The third-order valence-electron chi connectivity index (χ3n) is 5.15. The summed E-state index contributed by atoms with van der Waals surface area (Å²) >= 11 is 1.35. The molecule has 0 N–H and O–H groups in total. The summed E-state index contributed by atoms with van der Waals surface area (Å²) in [7, 11) is 0. The van der Waals surface area contributed by atoms with E-state index in [4.69, 9.17) is 0 Å². The third-order valence-corrected chi connectivity index (χ3v) is 6.03. The molecule has 0 radical (unpaired) electrons. The fraction of sp³-hybridized carbons (Fsp3) is 0.0909. The minimum atomic E-state index is -1.11. The third kappa shape index (κ3) is 2.69. The number of hydrogen-bond donors (Lipinski definition) is 0. The van der Waals surface area contributed by atoms with Gasteiger partial charge in [0.05, 0.1) is 11.3 Å². The highest BCUT2D eigenvalue weighted by Crippen LogP contribution is 2.41. The molecule has 2 aliphatic heterocycles. The van der Waals surface area contributed by atoms with Gasteiger partial charge in [0, 0.05) is 23.2 Å². The lowest BCUT2D eigenvalue weighted by atomic mass is 10.1. The molecule has 0 bridgehead atoms. The van der Waals surface area contributed by atoms with Crippen LogP contribution in [0, 0.1) is 11.6 Å². The molecule has 2 aromatic carbocycles. The van der Waals surface area contributed by atoms with Crippen LogP contribution in [0.2, 0.25) is 0 Å². The number of carbonyl (C=O) groups excluding carboxylic acids is 2. The fourth-order valence-corrected chi connectivity index (χ4v) is 4.60. The van der Waals surface area contributed by atoms with Gasteiger partial charge in [-0.05, 0) is 41.6 Å². The number of hydrogen-bond acceptors (Lipinski definition) is 4. The number of fused-ring (bicyclic) bond motifs is 1. The van der Waals surface area contributed by atoms with E-state index >= 15 is 0 Å². The average molecular weight is 408 g/mol. The fourth-order valence-electron chi connectivity index (χ4n) is 3.84. The lowest BCUT2D eigenvalue weighted by Gasteiger charge is -2.21. The molecule has 2 aliphatic rings. The van der Waals surface area contributed by atoms with Crippen LogP contribution in [0.3, 0.4) is 0 Å². The number of para-hydroxylation sites is 1. The molecule has 5 rings (SSSR count). The first kappa shape index (κ1) is 17.8. The Labute approximate surface area is 169 Å². The molecule has 29 heavy (non-hydrogen) atoms. The topological polar surface area (TPSA) is 40.6 Å². The molecule has 0 spiro atoms. The monoisotopic (exact) mass is 408 g/mol. The molecule has 144 valence electrons. The zero-order chi connectivity index (χ0) is 20.1. The van der Waals surface area contributed by atoms with Crippen LogP contribution < -0.4 is 9.80 Å². The van der Waals surface area contributed by atoms with Crippen LogP contribution in [-0.2, 0) is 16.0 Å². The van der Waals surface area contributed by atoms with E-state index in [1.807, 2.05) is 34.5 Å². The average Bonchev–Trinajstić information content (AvgIpc) is 3.42. The Bertz CT molecular complexity index is 1190. The number of imide groups is 1. The van der Waals surface area contributed by atoms with E-state index in [0.717, 1.165) is 34.7 Å². The lowest BCUT2D eigenvalue weighted by Crippen LogP contribution is -2.35. The number of nitrogens with zero attached hydrogens (tertiary/aromatic N) is 2. The summed E-state index contributed by atoms with van der Waals surface area (Å²) < 4.78 is 27.2. The van der Waals surface area contributed by atoms with Crippen LogP contribution in [0.25, 0.3) is 5.57 Å². The van der Waals surface area contributed by atoms with Crippen molar-refractivity contribution < 1.29 is 18.4 Å². The van der Waals surface area contributed by atoms with Gasteiger partial charge in [-0.1, -0.05) is 24.3 Å². The van der Waals surface area contributed by atoms with Crippen molar-refractivity contribution >= 4 is 40.1 Å². The molecule has 0 atom stereocenters. The molecular weight excluding hydrogens is 394 g/mol. The second kappa shape index (κ2) is 6.63. The van der Waals surface area contributed by atoms with E-state index in [2.05, 4.69) is 0 Å². The number of anilines is 2. The Morgan fingerprint density at radius 1 is 0.897 bits per heavy atom. The largest absolute Gasteiger partial charge is 0.336 e. The number of thiophene rings is 1. The van der Waals surface area contributed by atoms with E-state index in [9.17, 15) is 18.4 Å². The second-order valence-corrected chi connectivity index (χ2v) is 7.72. The molecule has 0 unspecified atom stereocenters. The molecule has 3 aromatic rings. The Morgan fingerprint density at radius 2 is 1.72 bits per heavy atom. The molecule has 1 aromatic heterocycles. The molecule has 0 saturated carbocycles. The van der Waals surface area contributed by atoms with Crippen molar-refractivity contribution in [3.8, 4) is 0 Å². The van der Waals surface area contributed by atoms with Crippen LogP contribution in [0.4, 0.5) is 20.2 Å². The van der Waals surface area contributed by atoms with Crippen molar-refractivity contribution in [2.45, 2.75) is 6.42 Å². The first-order chi connectivity index (χ1) is 14.1. The van der Waals surface area contributed by atoms with Crippen LogP contribution in [0.5, 0.6) is 0 Å². The van der Waals surface area contributed by atoms with Crippen molar-refractivity contribution in [2.24, 2.45) is 0 Å². The minimum Gasteiger partial charge on any atom is -0.336 e. The smallest absolute Gasteiger partial charge is 0.282 e. The molecular formula is C22H14F2N2O2S. The van der Waals surface area contributed by atoms with Gasteiger partial charge in [0.15, 0.2) is 11.6 Å². The number of benzene rings is 2. The van der Waals surface area contributed by atoms with E-state index in [1.165, 1.54) is 17.4 Å². The van der Waals surface area contributed by atoms with E-state index < -0.39 is 23.4 Å². The van der Waals surface area contributed by atoms with Gasteiger partial charge in [0.1, 0.15) is 5.70 Å². The molecule has 0 fully saturated rings. The number of halogens is 2. The highest BCUT2D eigenvalue weighted by molar-refractivity contribution is 7.11. The predicted octanol–water partition coefficient (Wildman–Crippen LogP) is 4.37. The molecule has 0 aliphatic carbocycles. The molecule has 2 amide bonds. The quantitative estimate of drug-likeness (QED) is 0.604. The van der Waals surface area contributed by atoms with Crippen LogP contribution in [0.1, 0.15) is 10.4 Å². The van der Waals surface area contributed by atoms with Gasteiger partial charge in [-0.25, -0.2) is 13.7 Å². The van der Waals surface area contributed by atoms with E-state index in [1.54, 1.807) is 12.1 Å². The summed E-state index contributed by atoms with van der Waals surface area (Å²) in [5, 5.41) is 1.83. The molecule has 3 heterocycles. The maximum atomic E-state index is 13.8.